The quantitative estimate of drug-likeness (QED) is 0.861. The van der Waals surface area contributed by atoms with E-state index in [0.717, 1.165) is 43.1 Å². The van der Waals surface area contributed by atoms with Crippen LogP contribution in [0, 0.1) is 12.8 Å². The number of aromatic nitrogens is 2. The fraction of sp³-hybridized carbons (Fsp3) is 0.714. The average molecular weight is 249 g/mol. The van der Waals surface area contributed by atoms with E-state index in [2.05, 4.69) is 22.2 Å². The molecule has 0 saturated heterocycles. The molecule has 1 fully saturated rings. The van der Waals surface area contributed by atoms with Gasteiger partial charge < -0.3 is 10.4 Å². The Morgan fingerprint density at radius 2 is 2.00 bits per heavy atom. The molecule has 1 aliphatic carbocycles. The summed E-state index contributed by atoms with van der Waals surface area (Å²) in [6, 6.07) is 0. The molecule has 1 heterocycles. The second-order valence-corrected chi connectivity index (χ2v) is 5.42. The minimum atomic E-state index is -0.574. The van der Waals surface area contributed by atoms with Crippen molar-refractivity contribution in [1.82, 2.24) is 9.97 Å². The molecule has 2 rings (SSSR count). The van der Waals surface area contributed by atoms with E-state index in [1.807, 2.05) is 6.92 Å². The number of hydrogen-bond acceptors (Lipinski definition) is 4. The summed E-state index contributed by atoms with van der Waals surface area (Å²) in [6.45, 7) is 4.73. The molecule has 2 N–H and O–H groups in total. The molecule has 1 aromatic heterocycles. The van der Waals surface area contributed by atoms with Crippen molar-refractivity contribution in [1.29, 1.82) is 0 Å². The number of hydrogen-bond donors (Lipinski definition) is 2. The molecule has 4 nitrogen and oxygen atoms in total. The van der Waals surface area contributed by atoms with Gasteiger partial charge in [0.15, 0.2) is 0 Å². The number of rotatable bonds is 4. The zero-order valence-electron chi connectivity index (χ0n) is 11.3. The van der Waals surface area contributed by atoms with Gasteiger partial charge in [-0.05, 0) is 38.5 Å². The lowest BCUT2D eigenvalue weighted by Gasteiger charge is -2.36. The molecule has 0 radical (unpaired) electrons. The molecular formula is C14H23N3O. The molecule has 0 aliphatic heterocycles. The second-order valence-electron chi connectivity index (χ2n) is 5.42. The van der Waals surface area contributed by atoms with Crippen molar-refractivity contribution in [2.45, 2.75) is 51.6 Å². The van der Waals surface area contributed by atoms with Crippen LogP contribution in [0.3, 0.4) is 0 Å². The van der Waals surface area contributed by atoms with Gasteiger partial charge >= 0.3 is 0 Å². The zero-order chi connectivity index (χ0) is 13.0. The first-order valence-electron chi connectivity index (χ1n) is 6.87. The van der Waals surface area contributed by atoms with E-state index in [9.17, 15) is 5.11 Å². The van der Waals surface area contributed by atoms with E-state index >= 15 is 0 Å². The van der Waals surface area contributed by atoms with Crippen LogP contribution >= 0.6 is 0 Å². The van der Waals surface area contributed by atoms with Crippen LogP contribution in [0.1, 0.15) is 44.7 Å². The molecule has 1 aliphatic rings. The first-order chi connectivity index (χ1) is 8.63. The molecule has 0 atom stereocenters. The molecule has 0 spiro atoms. The lowest BCUT2D eigenvalue weighted by molar-refractivity contribution is 0.00222. The topological polar surface area (TPSA) is 58.0 Å². The summed E-state index contributed by atoms with van der Waals surface area (Å²) in [4.78, 5) is 8.42. The first kappa shape index (κ1) is 13.3. The molecule has 1 saturated carbocycles. The van der Waals surface area contributed by atoms with Crippen LogP contribution in [0.15, 0.2) is 12.4 Å². The van der Waals surface area contributed by atoms with Gasteiger partial charge in [-0.25, -0.2) is 4.98 Å². The maximum Gasteiger partial charge on any atom is 0.147 e. The van der Waals surface area contributed by atoms with Crippen molar-refractivity contribution in [2.24, 2.45) is 5.92 Å². The molecule has 18 heavy (non-hydrogen) atoms. The Hall–Kier alpha value is -1.16. The molecule has 0 amide bonds. The van der Waals surface area contributed by atoms with Gasteiger partial charge in [0, 0.05) is 18.9 Å². The van der Waals surface area contributed by atoms with Gasteiger partial charge in [0.2, 0.25) is 0 Å². The van der Waals surface area contributed by atoms with E-state index in [4.69, 9.17) is 0 Å². The predicted molar refractivity (Wildman–Crippen MR) is 72.5 cm³/mol. The second kappa shape index (κ2) is 5.65. The van der Waals surface area contributed by atoms with Crippen molar-refractivity contribution in [3.05, 3.63) is 18.1 Å². The van der Waals surface area contributed by atoms with Crippen molar-refractivity contribution in [2.75, 3.05) is 11.9 Å². The number of aryl methyl sites for hydroxylation is 1. The summed E-state index contributed by atoms with van der Waals surface area (Å²) in [5.41, 5.74) is 0.304. The normalized spacial score (nSPS) is 28.1. The molecule has 0 bridgehead atoms. The first-order valence-corrected chi connectivity index (χ1v) is 6.87. The third-order valence-electron chi connectivity index (χ3n) is 4.08. The highest BCUT2D eigenvalue weighted by atomic mass is 16.3. The summed E-state index contributed by atoms with van der Waals surface area (Å²) < 4.78 is 0. The average Bonchev–Trinajstić information content (AvgIpc) is 2.39. The highest BCUT2D eigenvalue weighted by Gasteiger charge is 2.32. The van der Waals surface area contributed by atoms with Gasteiger partial charge in [-0.2, -0.15) is 0 Å². The molecule has 1 aromatic rings. The molecule has 0 aromatic carbocycles. The monoisotopic (exact) mass is 249 g/mol. The van der Waals surface area contributed by atoms with Crippen LogP contribution in [-0.4, -0.2) is 27.2 Å². The van der Waals surface area contributed by atoms with Gasteiger partial charge in [-0.1, -0.05) is 13.3 Å². The zero-order valence-corrected chi connectivity index (χ0v) is 11.3. The Morgan fingerprint density at radius 1 is 1.33 bits per heavy atom. The summed E-state index contributed by atoms with van der Waals surface area (Å²) in [7, 11) is 0. The number of nitrogens with zero attached hydrogens (tertiary/aromatic N) is 2. The fourth-order valence-corrected chi connectivity index (χ4v) is 2.63. The lowest BCUT2D eigenvalue weighted by atomic mass is 9.78. The largest absolute Gasteiger partial charge is 0.388 e. The highest BCUT2D eigenvalue weighted by Crippen LogP contribution is 2.33. The Kier molecular flexibility index (Phi) is 4.17. The van der Waals surface area contributed by atoms with Crippen LogP contribution in [0.5, 0.6) is 0 Å². The maximum absolute atomic E-state index is 10.5. The van der Waals surface area contributed by atoms with E-state index in [1.54, 1.807) is 12.4 Å². The summed E-state index contributed by atoms with van der Waals surface area (Å²) in [6.07, 6.45) is 8.62. The highest BCUT2D eigenvalue weighted by molar-refractivity contribution is 5.38. The summed E-state index contributed by atoms with van der Waals surface area (Å²) in [5.74, 6) is 1.58. The van der Waals surface area contributed by atoms with Crippen LogP contribution in [-0.2, 0) is 0 Å². The van der Waals surface area contributed by atoms with Gasteiger partial charge in [0.25, 0.3) is 0 Å². The Morgan fingerprint density at radius 3 is 2.61 bits per heavy atom. The molecular weight excluding hydrogens is 226 g/mol. The molecule has 0 unspecified atom stereocenters. The minimum absolute atomic E-state index is 0.572. The van der Waals surface area contributed by atoms with Gasteiger partial charge in [-0.3, -0.25) is 4.98 Å². The number of nitrogens with one attached hydrogen (secondary N) is 1. The van der Waals surface area contributed by atoms with Crippen LogP contribution < -0.4 is 5.32 Å². The SMILES string of the molecule is CCC1CCC(O)(CNc2nccnc2C)CC1. The van der Waals surface area contributed by atoms with E-state index in [-0.39, 0.29) is 0 Å². The van der Waals surface area contributed by atoms with E-state index < -0.39 is 5.60 Å². The minimum Gasteiger partial charge on any atom is -0.388 e. The number of aliphatic hydroxyl groups is 1. The van der Waals surface area contributed by atoms with Gasteiger partial charge in [0.05, 0.1) is 11.3 Å². The van der Waals surface area contributed by atoms with Crippen molar-refractivity contribution < 1.29 is 5.11 Å². The number of anilines is 1. The van der Waals surface area contributed by atoms with Crippen molar-refractivity contribution in [3.8, 4) is 0 Å². The molecule has 4 heteroatoms. The van der Waals surface area contributed by atoms with Gasteiger partial charge in [0.1, 0.15) is 5.82 Å². The predicted octanol–water partition coefficient (Wildman–Crippen LogP) is 2.53. The Labute approximate surface area is 109 Å². The van der Waals surface area contributed by atoms with Crippen LogP contribution in [0.25, 0.3) is 0 Å². The third-order valence-corrected chi connectivity index (χ3v) is 4.08. The van der Waals surface area contributed by atoms with Crippen LogP contribution in [0.4, 0.5) is 5.82 Å². The summed E-state index contributed by atoms with van der Waals surface area (Å²) >= 11 is 0. The van der Waals surface area contributed by atoms with Crippen molar-refractivity contribution >= 4 is 5.82 Å². The summed E-state index contributed by atoms with van der Waals surface area (Å²) in [5, 5.41) is 13.8. The maximum atomic E-state index is 10.5. The lowest BCUT2D eigenvalue weighted by Crippen LogP contribution is -2.40. The Balaban J connectivity index is 1.88. The van der Waals surface area contributed by atoms with Gasteiger partial charge in [-0.15, -0.1) is 0 Å². The van der Waals surface area contributed by atoms with Crippen LogP contribution in [0.2, 0.25) is 0 Å². The Bertz CT molecular complexity index is 386. The van der Waals surface area contributed by atoms with E-state index in [1.165, 1.54) is 6.42 Å². The van der Waals surface area contributed by atoms with E-state index in [0.29, 0.717) is 6.54 Å². The van der Waals surface area contributed by atoms with Crippen molar-refractivity contribution in [3.63, 3.8) is 0 Å². The molecule has 100 valence electrons. The third kappa shape index (κ3) is 3.19. The standard InChI is InChI=1S/C14H23N3O/c1-3-12-4-6-14(18,7-5-12)10-17-13-11(2)15-8-9-16-13/h8-9,12,18H,3-7,10H2,1-2H3,(H,16,17). The smallest absolute Gasteiger partial charge is 0.147 e. The fourth-order valence-electron chi connectivity index (χ4n) is 2.63.